The second kappa shape index (κ2) is 6.12. The Balaban J connectivity index is 2.25. The van der Waals surface area contributed by atoms with Crippen molar-refractivity contribution in [3.8, 4) is 28.5 Å². The highest BCUT2D eigenvalue weighted by Crippen LogP contribution is 2.32. The third kappa shape index (κ3) is 3.03. The smallest absolute Gasteiger partial charge is 0.142 e. The number of nitrogens with zero attached hydrogens (tertiary/aromatic N) is 2. The van der Waals surface area contributed by atoms with E-state index in [2.05, 4.69) is 11.1 Å². The first-order valence-electron chi connectivity index (χ1n) is 7.12. The summed E-state index contributed by atoms with van der Waals surface area (Å²) in [4.78, 5) is 4.36. The Labute approximate surface area is 140 Å². The van der Waals surface area contributed by atoms with Crippen molar-refractivity contribution >= 4 is 17.4 Å². The molecule has 2 aromatic carbocycles. The van der Waals surface area contributed by atoms with Gasteiger partial charge in [0.15, 0.2) is 0 Å². The molecule has 3 aromatic rings. The number of nitrogen functional groups attached to an aromatic ring is 1. The highest BCUT2D eigenvalue weighted by atomic mass is 35.5. The fraction of sp³-hybridized carbons (Fsp3) is 0.0526. The lowest BCUT2D eigenvalue weighted by molar-refractivity contribution is 1.31. The van der Waals surface area contributed by atoms with Crippen molar-refractivity contribution in [3.63, 3.8) is 0 Å². The number of aryl methyl sites for hydroxylation is 1. The van der Waals surface area contributed by atoms with Crippen LogP contribution >= 0.6 is 11.6 Å². The van der Waals surface area contributed by atoms with Crippen LogP contribution < -0.4 is 5.73 Å². The summed E-state index contributed by atoms with van der Waals surface area (Å²) < 4.78 is 0. The second-order valence-electron chi connectivity index (χ2n) is 5.31. The summed E-state index contributed by atoms with van der Waals surface area (Å²) >= 11 is 6.06. The van der Waals surface area contributed by atoms with E-state index in [1.807, 2.05) is 55.5 Å². The summed E-state index contributed by atoms with van der Waals surface area (Å²) in [6.45, 7) is 2.01. The van der Waals surface area contributed by atoms with E-state index in [-0.39, 0.29) is 5.82 Å². The molecule has 112 valence electrons. The van der Waals surface area contributed by atoms with Crippen LogP contribution in [0.1, 0.15) is 11.1 Å². The van der Waals surface area contributed by atoms with Gasteiger partial charge in [0.25, 0.3) is 0 Å². The summed E-state index contributed by atoms with van der Waals surface area (Å²) in [6.07, 6.45) is 0. The van der Waals surface area contributed by atoms with Crippen LogP contribution in [0.4, 0.5) is 5.82 Å². The van der Waals surface area contributed by atoms with E-state index in [1.165, 1.54) is 0 Å². The number of rotatable bonds is 2. The largest absolute Gasteiger partial charge is 0.383 e. The molecular formula is C19H14ClN3. The maximum atomic E-state index is 9.44. The fourth-order valence-electron chi connectivity index (χ4n) is 2.52. The molecule has 0 radical (unpaired) electrons. The molecule has 3 rings (SSSR count). The summed E-state index contributed by atoms with van der Waals surface area (Å²) in [5.74, 6) is 0.224. The second-order valence-corrected chi connectivity index (χ2v) is 5.74. The number of hydrogen-bond donors (Lipinski definition) is 1. The predicted molar refractivity (Wildman–Crippen MR) is 94.0 cm³/mol. The molecule has 0 fully saturated rings. The van der Waals surface area contributed by atoms with E-state index < -0.39 is 0 Å². The number of nitriles is 1. The monoisotopic (exact) mass is 319 g/mol. The van der Waals surface area contributed by atoms with Crippen molar-refractivity contribution in [2.24, 2.45) is 0 Å². The number of aromatic nitrogens is 1. The molecule has 2 N–H and O–H groups in total. The number of nitrogens with two attached hydrogens (primary N) is 1. The Kier molecular flexibility index (Phi) is 4.01. The van der Waals surface area contributed by atoms with Crippen LogP contribution in [0.15, 0.2) is 54.6 Å². The zero-order valence-corrected chi connectivity index (χ0v) is 13.3. The first-order chi connectivity index (χ1) is 11.1. The number of anilines is 1. The van der Waals surface area contributed by atoms with Gasteiger partial charge in [0.1, 0.15) is 17.5 Å². The van der Waals surface area contributed by atoms with Crippen LogP contribution in [0.3, 0.4) is 0 Å². The maximum Gasteiger partial charge on any atom is 0.142 e. The highest BCUT2D eigenvalue weighted by Gasteiger charge is 2.13. The van der Waals surface area contributed by atoms with Crippen LogP contribution in [0.2, 0.25) is 5.02 Å². The molecule has 1 heterocycles. The van der Waals surface area contributed by atoms with Crippen LogP contribution in [-0.4, -0.2) is 4.98 Å². The average Bonchev–Trinajstić information content (AvgIpc) is 2.54. The molecule has 4 heteroatoms. The van der Waals surface area contributed by atoms with Crippen molar-refractivity contribution < 1.29 is 0 Å². The Morgan fingerprint density at radius 3 is 2.48 bits per heavy atom. The Bertz CT molecular complexity index is 926. The van der Waals surface area contributed by atoms with E-state index in [4.69, 9.17) is 17.3 Å². The number of hydrogen-bond acceptors (Lipinski definition) is 3. The topological polar surface area (TPSA) is 62.7 Å². The van der Waals surface area contributed by atoms with Gasteiger partial charge in [-0.2, -0.15) is 5.26 Å². The molecule has 3 nitrogen and oxygen atoms in total. The normalized spacial score (nSPS) is 10.3. The molecule has 0 aliphatic rings. The lowest BCUT2D eigenvalue weighted by Gasteiger charge is -2.11. The van der Waals surface area contributed by atoms with Gasteiger partial charge >= 0.3 is 0 Å². The van der Waals surface area contributed by atoms with Gasteiger partial charge in [0, 0.05) is 16.1 Å². The van der Waals surface area contributed by atoms with E-state index in [1.54, 1.807) is 6.07 Å². The van der Waals surface area contributed by atoms with E-state index in [0.29, 0.717) is 16.3 Å². The van der Waals surface area contributed by atoms with Gasteiger partial charge < -0.3 is 5.73 Å². The molecule has 0 amide bonds. The van der Waals surface area contributed by atoms with Crippen LogP contribution in [-0.2, 0) is 0 Å². The molecule has 0 bridgehead atoms. The third-order valence-corrected chi connectivity index (χ3v) is 3.84. The van der Waals surface area contributed by atoms with Gasteiger partial charge in [0.05, 0.1) is 5.69 Å². The van der Waals surface area contributed by atoms with Crippen molar-refractivity contribution in [2.75, 3.05) is 5.73 Å². The van der Waals surface area contributed by atoms with Gasteiger partial charge in [-0.05, 0) is 30.7 Å². The van der Waals surface area contributed by atoms with Crippen molar-refractivity contribution in [1.29, 1.82) is 5.26 Å². The van der Waals surface area contributed by atoms with Crippen molar-refractivity contribution in [1.82, 2.24) is 4.98 Å². The fourth-order valence-corrected chi connectivity index (χ4v) is 2.71. The molecule has 0 spiro atoms. The van der Waals surface area contributed by atoms with Crippen molar-refractivity contribution in [3.05, 3.63) is 70.7 Å². The Morgan fingerprint density at radius 2 is 1.78 bits per heavy atom. The maximum absolute atomic E-state index is 9.44. The van der Waals surface area contributed by atoms with Gasteiger partial charge in [-0.25, -0.2) is 4.98 Å². The average molecular weight is 320 g/mol. The predicted octanol–water partition coefficient (Wildman–Crippen LogP) is 4.83. The Hall–Kier alpha value is -2.83. The zero-order valence-electron chi connectivity index (χ0n) is 12.5. The number of benzene rings is 2. The van der Waals surface area contributed by atoms with Crippen LogP contribution in [0.25, 0.3) is 22.4 Å². The summed E-state index contributed by atoms with van der Waals surface area (Å²) in [6, 6.07) is 19.4. The van der Waals surface area contributed by atoms with Crippen LogP contribution in [0.5, 0.6) is 0 Å². The van der Waals surface area contributed by atoms with Gasteiger partial charge in [-0.1, -0.05) is 53.6 Å². The lowest BCUT2D eigenvalue weighted by Crippen LogP contribution is -1.99. The Morgan fingerprint density at radius 1 is 1.04 bits per heavy atom. The zero-order chi connectivity index (χ0) is 16.4. The van der Waals surface area contributed by atoms with Crippen molar-refractivity contribution in [2.45, 2.75) is 6.92 Å². The molecule has 0 saturated heterocycles. The molecule has 0 saturated carbocycles. The molecular weight excluding hydrogens is 306 g/mol. The van der Waals surface area contributed by atoms with Gasteiger partial charge in [-0.3, -0.25) is 0 Å². The van der Waals surface area contributed by atoms with Gasteiger partial charge in [-0.15, -0.1) is 0 Å². The summed E-state index contributed by atoms with van der Waals surface area (Å²) in [5.41, 5.74) is 10.8. The summed E-state index contributed by atoms with van der Waals surface area (Å²) in [5, 5.41) is 10.1. The quantitative estimate of drug-likeness (QED) is 0.735. The first-order valence-corrected chi connectivity index (χ1v) is 7.50. The first kappa shape index (κ1) is 15.1. The SMILES string of the molecule is Cc1cccc(-c2cc(-c3cccc(Cl)c3)nc(N)c2C#N)c1. The minimum Gasteiger partial charge on any atom is -0.383 e. The van der Waals surface area contributed by atoms with Crippen LogP contribution in [0, 0.1) is 18.3 Å². The van der Waals surface area contributed by atoms with E-state index in [9.17, 15) is 5.26 Å². The third-order valence-electron chi connectivity index (χ3n) is 3.61. The molecule has 0 atom stereocenters. The molecule has 0 unspecified atom stereocenters. The van der Waals surface area contributed by atoms with Gasteiger partial charge in [0.2, 0.25) is 0 Å². The molecule has 1 aromatic heterocycles. The lowest BCUT2D eigenvalue weighted by atomic mass is 9.97. The highest BCUT2D eigenvalue weighted by molar-refractivity contribution is 6.30. The minimum atomic E-state index is 0.224. The molecule has 0 aliphatic heterocycles. The molecule has 0 aliphatic carbocycles. The number of halogens is 1. The standard InChI is InChI=1S/C19H14ClN3/c1-12-4-2-5-13(8-12)16-10-18(23-19(22)17(16)11-21)14-6-3-7-15(20)9-14/h2-10H,1H3,(H2,22,23). The van der Waals surface area contributed by atoms with E-state index in [0.717, 1.165) is 22.3 Å². The van der Waals surface area contributed by atoms with E-state index >= 15 is 0 Å². The summed E-state index contributed by atoms with van der Waals surface area (Å²) in [7, 11) is 0. The molecule has 23 heavy (non-hydrogen) atoms. The minimum absolute atomic E-state index is 0.224. The number of pyridine rings is 1.